The van der Waals surface area contributed by atoms with Gasteiger partial charge in [-0.1, -0.05) is 0 Å². The zero-order valence-electron chi connectivity index (χ0n) is 8.38. The van der Waals surface area contributed by atoms with Crippen molar-refractivity contribution in [3.63, 3.8) is 0 Å². The van der Waals surface area contributed by atoms with Gasteiger partial charge in [-0.15, -0.1) is 0 Å². The van der Waals surface area contributed by atoms with E-state index in [1.165, 1.54) is 12.2 Å². The molecule has 0 N–H and O–H groups in total. The first-order valence-electron chi connectivity index (χ1n) is 4.61. The van der Waals surface area contributed by atoms with Crippen molar-refractivity contribution in [1.29, 1.82) is 0 Å². The topological polar surface area (TPSA) is 49.7 Å². The third kappa shape index (κ3) is 1.69. The molecule has 0 aromatic heterocycles. The summed E-state index contributed by atoms with van der Waals surface area (Å²) in [5.41, 5.74) is 1.20. The van der Waals surface area contributed by atoms with Gasteiger partial charge in [-0.05, 0) is 36.7 Å². The molecule has 0 fully saturated rings. The van der Waals surface area contributed by atoms with Crippen LogP contribution in [0.4, 0.5) is 11.4 Å². The highest BCUT2D eigenvalue weighted by molar-refractivity contribution is 6.28. The van der Waals surface area contributed by atoms with Crippen LogP contribution < -0.4 is 4.90 Å². The average Bonchev–Trinajstić information content (AvgIpc) is 2.61. The molecule has 0 saturated carbocycles. The van der Waals surface area contributed by atoms with Crippen LogP contribution in [0.2, 0.25) is 0 Å². The van der Waals surface area contributed by atoms with E-state index in [2.05, 4.69) is 17.4 Å². The lowest BCUT2D eigenvalue weighted by molar-refractivity contribution is -0.119. The van der Waals surface area contributed by atoms with E-state index in [0.717, 1.165) is 4.90 Å². The first-order valence-corrected chi connectivity index (χ1v) is 4.61. The van der Waals surface area contributed by atoms with Crippen molar-refractivity contribution in [1.82, 2.24) is 0 Å². The van der Waals surface area contributed by atoms with Gasteiger partial charge in [0.1, 0.15) is 0 Å². The molecule has 16 heavy (non-hydrogen) atoms. The van der Waals surface area contributed by atoms with Gasteiger partial charge in [0.15, 0.2) is 0 Å². The normalized spacial score (nSPS) is 14.1. The van der Waals surface area contributed by atoms with Crippen LogP contribution in [0.1, 0.15) is 0 Å². The summed E-state index contributed by atoms with van der Waals surface area (Å²) in [5, 5.41) is 0. The molecule has 4 heteroatoms. The number of amides is 2. The standard InChI is InChI=1S/C12H8N2O2/c1-2-13-9-3-5-10(6-4-9)14-11(15)7-8-12(14)16/h3-8H,1H2. The third-order valence-corrected chi connectivity index (χ3v) is 2.13. The molecule has 0 bridgehead atoms. The molecule has 0 unspecified atom stereocenters. The van der Waals surface area contributed by atoms with Crippen molar-refractivity contribution in [3.8, 4) is 0 Å². The summed E-state index contributed by atoms with van der Waals surface area (Å²) >= 11 is 0. The maximum absolute atomic E-state index is 11.4. The first-order chi connectivity index (χ1) is 7.72. The number of imide groups is 1. The molecule has 1 aromatic rings. The van der Waals surface area contributed by atoms with Gasteiger partial charge >= 0.3 is 0 Å². The Morgan fingerprint density at radius 3 is 2.12 bits per heavy atom. The molecule has 2 rings (SSSR count). The van der Waals surface area contributed by atoms with Crippen LogP contribution in [0.5, 0.6) is 0 Å². The quantitative estimate of drug-likeness (QED) is 0.552. The number of carbonyl (C=O) groups excluding carboxylic acids is 2. The van der Waals surface area contributed by atoms with Crippen LogP contribution in [-0.2, 0) is 9.59 Å². The molecule has 0 radical (unpaired) electrons. The molecule has 78 valence electrons. The predicted molar refractivity (Wildman–Crippen MR) is 60.8 cm³/mol. The van der Waals surface area contributed by atoms with E-state index in [1.807, 2.05) is 0 Å². The lowest BCUT2D eigenvalue weighted by atomic mass is 10.2. The number of aliphatic imine (C=N–C) groups is 1. The third-order valence-electron chi connectivity index (χ3n) is 2.13. The van der Waals surface area contributed by atoms with Crippen LogP contribution in [0, 0.1) is 0 Å². The molecule has 0 atom stereocenters. The molecule has 0 saturated heterocycles. The molecule has 1 aliphatic heterocycles. The first kappa shape index (κ1) is 10.1. The Morgan fingerprint density at radius 2 is 1.62 bits per heavy atom. The van der Waals surface area contributed by atoms with Gasteiger partial charge < -0.3 is 0 Å². The summed E-state index contributed by atoms with van der Waals surface area (Å²) in [6.45, 7) is 3.36. The number of anilines is 1. The highest BCUT2D eigenvalue weighted by atomic mass is 16.2. The highest BCUT2D eigenvalue weighted by Gasteiger charge is 2.24. The zero-order valence-corrected chi connectivity index (χ0v) is 8.38. The van der Waals surface area contributed by atoms with Crippen molar-refractivity contribution in [2.75, 3.05) is 4.90 Å². The van der Waals surface area contributed by atoms with E-state index < -0.39 is 0 Å². The van der Waals surface area contributed by atoms with Crippen molar-refractivity contribution in [2.45, 2.75) is 0 Å². The minimum absolute atomic E-state index is 0.329. The molecule has 1 aromatic carbocycles. The van der Waals surface area contributed by atoms with Crippen molar-refractivity contribution >= 4 is 29.1 Å². The smallest absolute Gasteiger partial charge is 0.258 e. The Bertz CT molecular complexity index is 504. The second kappa shape index (κ2) is 3.96. The largest absolute Gasteiger partial charge is 0.269 e. The summed E-state index contributed by atoms with van der Waals surface area (Å²) in [6.07, 6.45) is 2.50. The van der Waals surface area contributed by atoms with Gasteiger partial charge in [0.25, 0.3) is 11.8 Å². The number of benzene rings is 1. The van der Waals surface area contributed by atoms with E-state index >= 15 is 0 Å². The molecular formula is C12H8N2O2. The Balaban J connectivity index is 2.32. The fourth-order valence-electron chi connectivity index (χ4n) is 1.42. The molecule has 2 amide bonds. The minimum Gasteiger partial charge on any atom is -0.269 e. The van der Waals surface area contributed by atoms with Crippen molar-refractivity contribution < 1.29 is 9.59 Å². The maximum Gasteiger partial charge on any atom is 0.258 e. The molecule has 1 heterocycles. The summed E-state index contributed by atoms with van der Waals surface area (Å²) < 4.78 is 0. The van der Waals surface area contributed by atoms with Gasteiger partial charge in [-0.25, -0.2) is 9.89 Å². The molecular weight excluding hydrogens is 204 g/mol. The number of rotatable bonds is 2. The second-order valence-corrected chi connectivity index (χ2v) is 3.13. The van der Waals surface area contributed by atoms with Crippen molar-refractivity contribution in [3.05, 3.63) is 43.0 Å². The van der Waals surface area contributed by atoms with Crippen LogP contribution in [0.3, 0.4) is 0 Å². The average molecular weight is 212 g/mol. The van der Waals surface area contributed by atoms with Crippen LogP contribution in [0.15, 0.2) is 48.0 Å². The highest BCUT2D eigenvalue weighted by Crippen LogP contribution is 2.22. The fourth-order valence-corrected chi connectivity index (χ4v) is 1.42. The van der Waals surface area contributed by atoms with Gasteiger partial charge in [-0.3, -0.25) is 9.59 Å². The molecule has 0 aliphatic carbocycles. The molecule has 1 aliphatic rings. The van der Waals surface area contributed by atoms with Gasteiger partial charge in [-0.2, -0.15) is 0 Å². The van der Waals surface area contributed by atoms with Crippen LogP contribution in [-0.4, -0.2) is 17.7 Å². The van der Waals surface area contributed by atoms with Crippen molar-refractivity contribution in [2.24, 2.45) is 4.99 Å². The lowest BCUT2D eigenvalue weighted by Gasteiger charge is -2.13. The van der Waals surface area contributed by atoms with E-state index in [0.29, 0.717) is 11.4 Å². The van der Waals surface area contributed by atoms with E-state index in [4.69, 9.17) is 0 Å². The Morgan fingerprint density at radius 1 is 1.06 bits per heavy atom. The summed E-state index contributed by atoms with van der Waals surface area (Å²) in [4.78, 5) is 27.7. The lowest BCUT2D eigenvalue weighted by Crippen LogP contribution is -2.29. The Hall–Kier alpha value is -2.45. The monoisotopic (exact) mass is 212 g/mol. The molecule has 0 spiro atoms. The fraction of sp³-hybridized carbons (Fsp3) is 0. The van der Waals surface area contributed by atoms with E-state index in [-0.39, 0.29) is 11.8 Å². The number of carbonyl (C=O) groups is 2. The predicted octanol–water partition coefficient (Wildman–Crippen LogP) is 1.60. The van der Waals surface area contributed by atoms with Gasteiger partial charge in [0.05, 0.1) is 11.4 Å². The summed E-state index contributed by atoms with van der Waals surface area (Å²) in [5.74, 6) is 1.75. The second-order valence-electron chi connectivity index (χ2n) is 3.13. The minimum atomic E-state index is -0.329. The summed E-state index contributed by atoms with van der Waals surface area (Å²) in [7, 11) is 0. The number of hydrogen-bond donors (Lipinski definition) is 0. The molecule has 4 nitrogen and oxygen atoms in total. The maximum atomic E-state index is 11.4. The number of hydrogen-bond acceptors (Lipinski definition) is 3. The number of nitrogens with zero attached hydrogens (tertiary/aromatic N) is 2. The van der Waals surface area contributed by atoms with Gasteiger partial charge in [0.2, 0.25) is 0 Å². The summed E-state index contributed by atoms with van der Waals surface area (Å²) in [6, 6.07) is 6.68. The van der Waals surface area contributed by atoms with E-state index in [9.17, 15) is 9.59 Å². The SMILES string of the molecule is C=C=Nc1ccc(N2C(=O)C=CC2=O)cc1. The van der Waals surface area contributed by atoms with Crippen LogP contribution in [0.25, 0.3) is 0 Å². The van der Waals surface area contributed by atoms with E-state index in [1.54, 1.807) is 24.3 Å². The zero-order chi connectivity index (χ0) is 11.5. The Labute approximate surface area is 92.2 Å². The van der Waals surface area contributed by atoms with Crippen LogP contribution >= 0.6 is 0 Å². The Kier molecular flexibility index (Phi) is 2.50. The van der Waals surface area contributed by atoms with Gasteiger partial charge in [0, 0.05) is 12.2 Å².